The standard InChI is InChI=1S/C15H17NO3S2/c1-12-14(10-11-19-21(2,17)18)16-15(20-12)9-8-13-6-4-3-5-7-13/h3-9H,10-11H2,1-2H3/b9-8+. The third-order valence-corrected chi connectivity index (χ3v) is 4.34. The molecule has 1 heterocycles. The van der Waals surface area contributed by atoms with E-state index in [0.29, 0.717) is 6.42 Å². The molecule has 0 fully saturated rings. The van der Waals surface area contributed by atoms with Crippen molar-refractivity contribution in [2.75, 3.05) is 12.9 Å². The molecule has 0 atom stereocenters. The van der Waals surface area contributed by atoms with Crippen molar-refractivity contribution >= 4 is 33.6 Å². The lowest BCUT2D eigenvalue weighted by molar-refractivity contribution is 0.324. The highest BCUT2D eigenvalue weighted by Crippen LogP contribution is 2.20. The first-order valence-electron chi connectivity index (χ1n) is 6.48. The number of thiazole rings is 1. The fourth-order valence-corrected chi connectivity index (χ4v) is 3.03. The molecular formula is C15H17NO3S2. The maximum Gasteiger partial charge on any atom is 0.264 e. The Morgan fingerprint density at radius 3 is 2.62 bits per heavy atom. The molecule has 2 aromatic rings. The number of hydrogen-bond donors (Lipinski definition) is 0. The summed E-state index contributed by atoms with van der Waals surface area (Å²) >= 11 is 1.59. The molecule has 6 heteroatoms. The van der Waals surface area contributed by atoms with E-state index in [4.69, 9.17) is 4.18 Å². The molecule has 0 aliphatic heterocycles. The Hall–Kier alpha value is -1.50. The van der Waals surface area contributed by atoms with E-state index in [1.165, 1.54) is 0 Å². The molecule has 0 aliphatic rings. The third-order valence-electron chi connectivity index (χ3n) is 2.76. The highest BCUT2D eigenvalue weighted by molar-refractivity contribution is 7.85. The summed E-state index contributed by atoms with van der Waals surface area (Å²) in [5.74, 6) is 0. The van der Waals surface area contributed by atoms with Crippen molar-refractivity contribution in [3.63, 3.8) is 0 Å². The smallest absolute Gasteiger partial charge is 0.264 e. The van der Waals surface area contributed by atoms with Crippen LogP contribution in [0.2, 0.25) is 0 Å². The molecule has 0 saturated heterocycles. The molecule has 2 rings (SSSR count). The number of hydrogen-bond acceptors (Lipinski definition) is 5. The summed E-state index contributed by atoms with van der Waals surface area (Å²) < 4.78 is 26.6. The van der Waals surface area contributed by atoms with Gasteiger partial charge in [-0.1, -0.05) is 36.4 Å². The van der Waals surface area contributed by atoms with E-state index in [2.05, 4.69) is 4.98 Å². The molecule has 0 radical (unpaired) electrons. The van der Waals surface area contributed by atoms with Gasteiger partial charge in [0.1, 0.15) is 5.01 Å². The second kappa shape index (κ2) is 6.98. The van der Waals surface area contributed by atoms with Crippen molar-refractivity contribution in [2.24, 2.45) is 0 Å². The number of aryl methyl sites for hydroxylation is 1. The summed E-state index contributed by atoms with van der Waals surface area (Å²) in [6, 6.07) is 10.0. The van der Waals surface area contributed by atoms with Gasteiger partial charge in [0.2, 0.25) is 0 Å². The molecule has 1 aromatic heterocycles. The van der Waals surface area contributed by atoms with Gasteiger partial charge in [-0.25, -0.2) is 4.98 Å². The van der Waals surface area contributed by atoms with Gasteiger partial charge in [-0.05, 0) is 18.6 Å². The monoisotopic (exact) mass is 323 g/mol. The van der Waals surface area contributed by atoms with Crippen LogP contribution in [0, 0.1) is 6.92 Å². The Balaban J connectivity index is 2.00. The minimum absolute atomic E-state index is 0.130. The van der Waals surface area contributed by atoms with Crippen LogP contribution in [0.1, 0.15) is 21.1 Å². The van der Waals surface area contributed by atoms with E-state index in [0.717, 1.165) is 27.4 Å². The first-order valence-corrected chi connectivity index (χ1v) is 9.11. The second-order valence-corrected chi connectivity index (χ2v) is 7.45. The van der Waals surface area contributed by atoms with Gasteiger partial charge in [0.05, 0.1) is 18.6 Å². The quantitative estimate of drug-likeness (QED) is 0.766. The van der Waals surface area contributed by atoms with Gasteiger partial charge in [-0.2, -0.15) is 8.42 Å². The normalized spacial score (nSPS) is 12.1. The van der Waals surface area contributed by atoms with Crippen LogP contribution in [-0.2, 0) is 20.7 Å². The lowest BCUT2D eigenvalue weighted by atomic mass is 10.2. The molecule has 0 unspecified atom stereocenters. The van der Waals surface area contributed by atoms with Crippen LogP contribution >= 0.6 is 11.3 Å². The maximum absolute atomic E-state index is 10.9. The Labute approximate surface area is 129 Å². The summed E-state index contributed by atoms with van der Waals surface area (Å²) in [6.07, 6.45) is 5.52. The molecule has 0 saturated carbocycles. The van der Waals surface area contributed by atoms with Crippen LogP contribution in [0.3, 0.4) is 0 Å². The van der Waals surface area contributed by atoms with E-state index >= 15 is 0 Å². The molecule has 0 amide bonds. The van der Waals surface area contributed by atoms with Gasteiger partial charge in [0.15, 0.2) is 0 Å². The molecule has 0 bridgehead atoms. The van der Waals surface area contributed by atoms with Crippen molar-refractivity contribution in [3.05, 3.63) is 51.5 Å². The average Bonchev–Trinajstić information content (AvgIpc) is 2.77. The van der Waals surface area contributed by atoms with Crippen LogP contribution in [0.5, 0.6) is 0 Å². The van der Waals surface area contributed by atoms with Gasteiger partial charge >= 0.3 is 0 Å². The Morgan fingerprint density at radius 1 is 1.24 bits per heavy atom. The average molecular weight is 323 g/mol. The van der Waals surface area contributed by atoms with Gasteiger partial charge in [-0.3, -0.25) is 4.18 Å². The first-order chi connectivity index (χ1) is 9.94. The predicted molar refractivity (Wildman–Crippen MR) is 86.7 cm³/mol. The van der Waals surface area contributed by atoms with E-state index in [-0.39, 0.29) is 6.61 Å². The van der Waals surface area contributed by atoms with Crippen LogP contribution in [0.4, 0.5) is 0 Å². The molecule has 0 N–H and O–H groups in total. The Morgan fingerprint density at radius 2 is 1.95 bits per heavy atom. The molecule has 4 nitrogen and oxygen atoms in total. The summed E-state index contributed by atoms with van der Waals surface area (Å²) in [5, 5.41) is 0.908. The van der Waals surface area contributed by atoms with E-state index in [1.54, 1.807) is 11.3 Å². The predicted octanol–water partition coefficient (Wildman–Crippen LogP) is 3.14. The molecule has 112 valence electrons. The topological polar surface area (TPSA) is 56.3 Å². The van der Waals surface area contributed by atoms with Crippen LogP contribution in [-0.4, -0.2) is 26.3 Å². The zero-order valence-electron chi connectivity index (χ0n) is 11.9. The first kappa shape index (κ1) is 15.9. The van der Waals surface area contributed by atoms with E-state index in [1.807, 2.05) is 49.4 Å². The highest BCUT2D eigenvalue weighted by atomic mass is 32.2. The van der Waals surface area contributed by atoms with Crippen molar-refractivity contribution in [3.8, 4) is 0 Å². The Bertz CT molecular complexity index is 719. The zero-order chi connectivity index (χ0) is 15.3. The summed E-state index contributed by atoms with van der Waals surface area (Å²) in [4.78, 5) is 5.58. The number of rotatable bonds is 6. The SMILES string of the molecule is Cc1sc(/C=C/c2ccccc2)nc1CCOS(C)(=O)=O. The van der Waals surface area contributed by atoms with Gasteiger partial charge in [-0.15, -0.1) is 11.3 Å². The minimum atomic E-state index is -3.38. The van der Waals surface area contributed by atoms with Gasteiger partial charge in [0, 0.05) is 11.3 Å². The van der Waals surface area contributed by atoms with Crippen LogP contribution in [0.15, 0.2) is 30.3 Å². The van der Waals surface area contributed by atoms with Gasteiger partial charge < -0.3 is 0 Å². The van der Waals surface area contributed by atoms with Crippen molar-refractivity contribution in [1.82, 2.24) is 4.98 Å². The maximum atomic E-state index is 10.9. The fourth-order valence-electron chi connectivity index (χ4n) is 1.77. The van der Waals surface area contributed by atoms with Crippen molar-refractivity contribution in [1.29, 1.82) is 0 Å². The van der Waals surface area contributed by atoms with Crippen molar-refractivity contribution in [2.45, 2.75) is 13.3 Å². The van der Waals surface area contributed by atoms with Crippen molar-refractivity contribution < 1.29 is 12.6 Å². The second-order valence-electron chi connectivity index (χ2n) is 4.58. The molecule has 21 heavy (non-hydrogen) atoms. The largest absolute Gasteiger partial charge is 0.270 e. The summed E-state index contributed by atoms with van der Waals surface area (Å²) in [6.45, 7) is 2.11. The molecular weight excluding hydrogens is 306 g/mol. The number of benzene rings is 1. The van der Waals surface area contributed by atoms with E-state index < -0.39 is 10.1 Å². The van der Waals surface area contributed by atoms with Crippen LogP contribution in [0.25, 0.3) is 12.2 Å². The molecule has 1 aromatic carbocycles. The van der Waals surface area contributed by atoms with E-state index in [9.17, 15) is 8.42 Å². The fraction of sp³-hybridized carbons (Fsp3) is 0.267. The number of nitrogens with zero attached hydrogens (tertiary/aromatic N) is 1. The number of aromatic nitrogens is 1. The molecule has 0 spiro atoms. The lowest BCUT2D eigenvalue weighted by Gasteiger charge is -1.99. The summed E-state index contributed by atoms with van der Waals surface area (Å²) in [7, 11) is -3.38. The summed E-state index contributed by atoms with van der Waals surface area (Å²) in [5.41, 5.74) is 2.00. The minimum Gasteiger partial charge on any atom is -0.270 e. The zero-order valence-corrected chi connectivity index (χ0v) is 13.6. The lowest BCUT2D eigenvalue weighted by Crippen LogP contribution is -2.06. The Kier molecular flexibility index (Phi) is 5.27. The van der Waals surface area contributed by atoms with Crippen LogP contribution < -0.4 is 0 Å². The van der Waals surface area contributed by atoms with Gasteiger partial charge in [0.25, 0.3) is 10.1 Å². The third kappa shape index (κ3) is 5.41. The highest BCUT2D eigenvalue weighted by Gasteiger charge is 2.08. The molecule has 0 aliphatic carbocycles.